The summed E-state index contributed by atoms with van der Waals surface area (Å²) in [6.07, 6.45) is 6.09. The lowest BCUT2D eigenvalue weighted by Crippen LogP contribution is -2.52. The van der Waals surface area contributed by atoms with Gasteiger partial charge in [0, 0.05) is 18.0 Å². The Morgan fingerprint density at radius 3 is 2.62 bits per heavy atom. The Morgan fingerprint density at radius 2 is 1.96 bits per heavy atom. The van der Waals surface area contributed by atoms with Crippen LogP contribution < -0.4 is 5.32 Å². The number of amides is 1. The van der Waals surface area contributed by atoms with Crippen LogP contribution in [-0.2, 0) is 0 Å². The lowest BCUT2D eigenvalue weighted by Gasteiger charge is -2.35. The Balaban J connectivity index is 1.64. The highest BCUT2D eigenvalue weighted by Crippen LogP contribution is 2.31. The highest BCUT2D eigenvalue weighted by atomic mass is 16.1. The molecule has 5 heteroatoms. The molecule has 2 heterocycles. The molecule has 0 unspecified atom stereocenters. The third kappa shape index (κ3) is 2.42. The van der Waals surface area contributed by atoms with Crippen LogP contribution in [0.3, 0.4) is 0 Å². The van der Waals surface area contributed by atoms with Gasteiger partial charge in [-0.05, 0) is 31.4 Å². The van der Waals surface area contributed by atoms with Crippen molar-refractivity contribution in [3.8, 4) is 17.3 Å². The molecule has 5 nitrogen and oxygen atoms in total. The summed E-state index contributed by atoms with van der Waals surface area (Å²) in [5.41, 5.74) is 2.52. The summed E-state index contributed by atoms with van der Waals surface area (Å²) in [6, 6.07) is 15.7. The highest BCUT2D eigenvalue weighted by Gasteiger charge is 2.38. The van der Waals surface area contributed by atoms with Crippen molar-refractivity contribution < 1.29 is 4.79 Å². The average Bonchev–Trinajstić information content (AvgIpc) is 3.02. The van der Waals surface area contributed by atoms with E-state index in [1.165, 1.54) is 0 Å². The molecule has 0 aliphatic heterocycles. The molecule has 1 aliphatic rings. The van der Waals surface area contributed by atoms with E-state index in [2.05, 4.69) is 16.4 Å². The molecule has 0 atom stereocenters. The normalized spacial score (nSPS) is 15.5. The molecule has 1 N–H and O–H groups in total. The number of aromatic nitrogens is 2. The minimum atomic E-state index is -0.684. The number of fused-ring (bicyclic) bond motifs is 1. The molecule has 118 valence electrons. The number of carbonyl (C=O) groups excluding carboxylic acids is 1. The average molecular weight is 316 g/mol. The number of imidazole rings is 1. The Hall–Kier alpha value is -3.13. The Kier molecular flexibility index (Phi) is 3.31. The fraction of sp³-hybridized carbons (Fsp3) is 0.211. The first-order valence-electron chi connectivity index (χ1n) is 7.97. The summed E-state index contributed by atoms with van der Waals surface area (Å²) in [4.78, 5) is 17.0. The minimum absolute atomic E-state index is 0.215. The Labute approximate surface area is 139 Å². The number of hydrogen-bond acceptors (Lipinski definition) is 3. The number of carbonyl (C=O) groups is 1. The maximum Gasteiger partial charge on any atom is 0.254 e. The summed E-state index contributed by atoms with van der Waals surface area (Å²) in [7, 11) is 0. The molecule has 1 fully saturated rings. The number of nitrogens with zero attached hydrogens (tertiary/aromatic N) is 3. The van der Waals surface area contributed by atoms with Crippen molar-refractivity contribution >= 4 is 11.6 Å². The topological polar surface area (TPSA) is 70.2 Å². The standard InChI is InChI=1S/C19H16N4O/c20-13-19(9-4-10-19)22-18(24)15-7-8-17-21-16(12-23(17)11-15)14-5-2-1-3-6-14/h1-3,5-8,11-12H,4,9-10H2,(H,22,24). The lowest BCUT2D eigenvalue weighted by molar-refractivity contribution is 0.0881. The van der Waals surface area contributed by atoms with E-state index in [9.17, 15) is 10.1 Å². The summed E-state index contributed by atoms with van der Waals surface area (Å²) in [6.45, 7) is 0. The Morgan fingerprint density at radius 1 is 1.17 bits per heavy atom. The molecule has 0 bridgehead atoms. The largest absolute Gasteiger partial charge is 0.334 e. The Bertz CT molecular complexity index is 948. The highest BCUT2D eigenvalue weighted by molar-refractivity contribution is 5.95. The second kappa shape index (κ2) is 5.50. The fourth-order valence-corrected chi connectivity index (χ4v) is 2.96. The van der Waals surface area contributed by atoms with Crippen LogP contribution in [0.5, 0.6) is 0 Å². The van der Waals surface area contributed by atoms with E-state index in [0.29, 0.717) is 5.56 Å². The van der Waals surface area contributed by atoms with Gasteiger partial charge < -0.3 is 9.72 Å². The molecule has 1 aromatic carbocycles. The number of pyridine rings is 1. The number of rotatable bonds is 3. The second-order valence-electron chi connectivity index (χ2n) is 6.18. The zero-order valence-electron chi connectivity index (χ0n) is 13.1. The minimum Gasteiger partial charge on any atom is -0.334 e. The van der Waals surface area contributed by atoms with E-state index in [0.717, 1.165) is 36.2 Å². The SMILES string of the molecule is N#CC1(NC(=O)c2ccc3nc(-c4ccccc4)cn3c2)CCC1. The molecule has 3 aromatic rings. The molecule has 2 aromatic heterocycles. The fourth-order valence-electron chi connectivity index (χ4n) is 2.96. The van der Waals surface area contributed by atoms with Gasteiger partial charge in [-0.2, -0.15) is 5.26 Å². The van der Waals surface area contributed by atoms with Crippen molar-refractivity contribution in [2.45, 2.75) is 24.8 Å². The van der Waals surface area contributed by atoms with Gasteiger partial charge in [-0.15, -0.1) is 0 Å². The number of benzene rings is 1. The first-order chi connectivity index (χ1) is 11.7. The van der Waals surface area contributed by atoms with Gasteiger partial charge in [-0.25, -0.2) is 4.98 Å². The number of nitriles is 1. The molecule has 4 rings (SSSR count). The quantitative estimate of drug-likeness (QED) is 0.807. The van der Waals surface area contributed by atoms with Gasteiger partial charge in [0.15, 0.2) is 0 Å². The summed E-state index contributed by atoms with van der Waals surface area (Å²) in [5.74, 6) is -0.215. The molecular formula is C19H16N4O. The van der Waals surface area contributed by atoms with E-state index >= 15 is 0 Å². The first-order valence-corrected chi connectivity index (χ1v) is 7.97. The third-order valence-electron chi connectivity index (χ3n) is 4.56. The molecule has 1 amide bonds. The van der Waals surface area contributed by atoms with Crippen molar-refractivity contribution in [3.05, 3.63) is 60.4 Å². The molecule has 24 heavy (non-hydrogen) atoms. The van der Waals surface area contributed by atoms with Crippen LogP contribution in [0.15, 0.2) is 54.9 Å². The van der Waals surface area contributed by atoms with Gasteiger partial charge in [0.2, 0.25) is 0 Å². The van der Waals surface area contributed by atoms with E-state index in [1.807, 2.05) is 47.0 Å². The van der Waals surface area contributed by atoms with Gasteiger partial charge >= 0.3 is 0 Å². The lowest BCUT2D eigenvalue weighted by atomic mass is 9.78. The molecule has 0 spiro atoms. The summed E-state index contributed by atoms with van der Waals surface area (Å²) >= 11 is 0. The third-order valence-corrected chi connectivity index (χ3v) is 4.56. The van der Waals surface area contributed by atoms with Crippen LogP contribution in [0.4, 0.5) is 0 Å². The molecule has 0 radical (unpaired) electrons. The van der Waals surface area contributed by atoms with Crippen molar-refractivity contribution in [2.24, 2.45) is 0 Å². The van der Waals surface area contributed by atoms with Gasteiger partial charge in [0.25, 0.3) is 5.91 Å². The van der Waals surface area contributed by atoms with Gasteiger partial charge in [-0.3, -0.25) is 4.79 Å². The van der Waals surface area contributed by atoms with Crippen LogP contribution >= 0.6 is 0 Å². The van der Waals surface area contributed by atoms with Crippen LogP contribution in [0, 0.1) is 11.3 Å². The van der Waals surface area contributed by atoms with E-state index < -0.39 is 5.54 Å². The van der Waals surface area contributed by atoms with Crippen LogP contribution in [-0.4, -0.2) is 20.8 Å². The summed E-state index contributed by atoms with van der Waals surface area (Å²) in [5, 5.41) is 12.1. The zero-order chi connectivity index (χ0) is 16.6. The first kappa shape index (κ1) is 14.5. The van der Waals surface area contributed by atoms with Crippen LogP contribution in [0.1, 0.15) is 29.6 Å². The molecule has 1 aliphatic carbocycles. The molecule has 0 saturated heterocycles. The molecule has 1 saturated carbocycles. The predicted octanol–water partition coefficient (Wildman–Crippen LogP) is 3.18. The van der Waals surface area contributed by atoms with Gasteiger partial charge in [0.05, 0.1) is 17.3 Å². The number of hydrogen-bond donors (Lipinski definition) is 1. The monoisotopic (exact) mass is 316 g/mol. The van der Waals surface area contributed by atoms with Crippen LogP contribution in [0.2, 0.25) is 0 Å². The van der Waals surface area contributed by atoms with Gasteiger partial charge in [0.1, 0.15) is 11.2 Å². The van der Waals surface area contributed by atoms with Crippen molar-refractivity contribution in [1.82, 2.24) is 14.7 Å². The summed E-state index contributed by atoms with van der Waals surface area (Å²) < 4.78 is 1.84. The van der Waals surface area contributed by atoms with E-state index in [1.54, 1.807) is 12.3 Å². The number of nitrogens with one attached hydrogen (secondary N) is 1. The predicted molar refractivity (Wildman–Crippen MR) is 90.3 cm³/mol. The van der Waals surface area contributed by atoms with E-state index in [4.69, 9.17) is 0 Å². The van der Waals surface area contributed by atoms with Crippen molar-refractivity contribution in [3.63, 3.8) is 0 Å². The molecular weight excluding hydrogens is 300 g/mol. The van der Waals surface area contributed by atoms with E-state index in [-0.39, 0.29) is 5.91 Å². The second-order valence-corrected chi connectivity index (χ2v) is 6.18. The van der Waals surface area contributed by atoms with Crippen LogP contribution in [0.25, 0.3) is 16.9 Å². The maximum absolute atomic E-state index is 12.4. The smallest absolute Gasteiger partial charge is 0.254 e. The maximum atomic E-state index is 12.4. The van der Waals surface area contributed by atoms with Crippen molar-refractivity contribution in [2.75, 3.05) is 0 Å². The zero-order valence-corrected chi connectivity index (χ0v) is 13.1. The van der Waals surface area contributed by atoms with Crippen molar-refractivity contribution in [1.29, 1.82) is 5.26 Å². The van der Waals surface area contributed by atoms with Gasteiger partial charge in [-0.1, -0.05) is 30.3 Å².